The average molecular weight is 543 g/mol. The predicted molar refractivity (Wildman–Crippen MR) is 183 cm³/mol. The van der Waals surface area contributed by atoms with Gasteiger partial charge in [-0.1, -0.05) is 121 Å². The van der Waals surface area contributed by atoms with Crippen LogP contribution in [-0.4, -0.2) is 0 Å². The standard InChI is InChI=1S/C43H26/c1-3-13-30-24-38-36(22-28(30)11-1)40(34-20-8-16-26-10-5-6-18-32(26)34)42-39-25-31-14-4-2-12-29(31)23-37(39)41(43(38)42)35-21-9-17-27-15-7-19-33(27)35/h1-14,16-25H,15H2. The minimum absolute atomic E-state index is 1.00. The van der Waals surface area contributed by atoms with E-state index in [0.717, 1.165) is 6.42 Å². The highest BCUT2D eigenvalue weighted by Crippen LogP contribution is 2.60. The summed E-state index contributed by atoms with van der Waals surface area (Å²) in [6, 6.07) is 49.9. The van der Waals surface area contributed by atoms with Gasteiger partial charge in [-0.05, 0) is 130 Å². The fourth-order valence-electron chi connectivity index (χ4n) is 7.88. The summed E-state index contributed by atoms with van der Waals surface area (Å²) in [4.78, 5) is 0. The van der Waals surface area contributed by atoms with Crippen molar-refractivity contribution in [3.05, 3.63) is 184 Å². The van der Waals surface area contributed by atoms with Crippen molar-refractivity contribution < 1.29 is 0 Å². The minimum atomic E-state index is 1.00. The van der Waals surface area contributed by atoms with Gasteiger partial charge in [-0.2, -0.15) is 0 Å². The third-order valence-electron chi connectivity index (χ3n) is 9.75. The van der Waals surface area contributed by atoms with Crippen LogP contribution in [0, 0.1) is 0 Å². The molecule has 10 rings (SSSR count). The first-order chi connectivity index (χ1) is 21.3. The second-order valence-corrected chi connectivity index (χ2v) is 12.0. The molecule has 0 spiro atoms. The van der Waals surface area contributed by atoms with E-state index in [1.165, 1.54) is 99.1 Å². The van der Waals surface area contributed by atoms with Crippen molar-refractivity contribution in [2.75, 3.05) is 0 Å². The highest BCUT2D eigenvalue weighted by molar-refractivity contribution is 6.37. The van der Waals surface area contributed by atoms with Crippen LogP contribution < -0.4 is 0 Å². The minimum Gasteiger partial charge on any atom is -0.0795 e. The first kappa shape index (κ1) is 23.1. The molecule has 0 saturated carbocycles. The molecule has 0 aliphatic heterocycles. The van der Waals surface area contributed by atoms with E-state index in [-0.39, 0.29) is 0 Å². The lowest BCUT2D eigenvalue weighted by Crippen LogP contribution is -1.96. The second-order valence-electron chi connectivity index (χ2n) is 12.0. The molecule has 0 amide bonds. The SMILES string of the molecule is C1=Cc2c(cccc2C2=C3C(=C(c4cccc5ccccc45)c4cc5ccccc5cc43)c3cc4ccccc4cc32)C1. The summed E-state index contributed by atoms with van der Waals surface area (Å²) < 4.78 is 0. The van der Waals surface area contributed by atoms with Crippen LogP contribution in [0.5, 0.6) is 0 Å². The zero-order chi connectivity index (χ0) is 28.1. The lowest BCUT2D eigenvalue weighted by Gasteiger charge is -2.16. The van der Waals surface area contributed by atoms with Crippen molar-refractivity contribution in [2.24, 2.45) is 0 Å². The van der Waals surface area contributed by atoms with Gasteiger partial charge < -0.3 is 0 Å². The Bertz CT molecular complexity index is 2460. The fourth-order valence-corrected chi connectivity index (χ4v) is 7.88. The van der Waals surface area contributed by atoms with Crippen molar-refractivity contribution in [3.63, 3.8) is 0 Å². The first-order valence-electron chi connectivity index (χ1n) is 15.2. The largest absolute Gasteiger partial charge is 0.0795 e. The van der Waals surface area contributed by atoms with Gasteiger partial charge in [-0.25, -0.2) is 0 Å². The Hall–Kier alpha value is -5.46. The lowest BCUT2D eigenvalue weighted by molar-refractivity contribution is 1.30. The van der Waals surface area contributed by atoms with Gasteiger partial charge in [0.1, 0.15) is 0 Å². The van der Waals surface area contributed by atoms with Crippen LogP contribution in [0.4, 0.5) is 0 Å². The van der Waals surface area contributed by atoms with E-state index in [1.807, 2.05) is 0 Å². The van der Waals surface area contributed by atoms with E-state index in [1.54, 1.807) is 0 Å². The molecule has 0 atom stereocenters. The smallest absolute Gasteiger partial charge is 0.000718 e. The Labute approximate surface area is 250 Å². The maximum atomic E-state index is 2.45. The summed E-state index contributed by atoms with van der Waals surface area (Å²) in [6.45, 7) is 0. The van der Waals surface area contributed by atoms with Gasteiger partial charge >= 0.3 is 0 Å². The normalized spacial score (nSPS) is 14.6. The molecule has 43 heavy (non-hydrogen) atoms. The van der Waals surface area contributed by atoms with Crippen molar-refractivity contribution in [1.82, 2.24) is 0 Å². The molecular weight excluding hydrogens is 516 g/mol. The van der Waals surface area contributed by atoms with E-state index in [2.05, 4.69) is 146 Å². The Morgan fingerprint density at radius 1 is 0.349 bits per heavy atom. The number of benzene rings is 7. The summed E-state index contributed by atoms with van der Waals surface area (Å²) in [5, 5.41) is 7.71. The van der Waals surface area contributed by atoms with Crippen LogP contribution in [0.3, 0.4) is 0 Å². The number of hydrogen-bond acceptors (Lipinski definition) is 0. The van der Waals surface area contributed by atoms with Gasteiger partial charge in [-0.15, -0.1) is 0 Å². The molecule has 0 radical (unpaired) electrons. The van der Waals surface area contributed by atoms with Gasteiger partial charge in [0.05, 0.1) is 0 Å². The predicted octanol–water partition coefficient (Wildman–Crippen LogP) is 11.0. The number of rotatable bonds is 2. The molecule has 3 aliphatic rings. The highest BCUT2D eigenvalue weighted by Gasteiger charge is 2.39. The molecule has 0 aromatic heterocycles. The Morgan fingerprint density at radius 3 is 1.44 bits per heavy atom. The molecule has 7 aromatic rings. The quantitative estimate of drug-likeness (QED) is 0.204. The number of fused-ring (bicyclic) bond motifs is 9. The fraction of sp³-hybridized carbons (Fsp3) is 0.0233. The topological polar surface area (TPSA) is 0 Å². The van der Waals surface area contributed by atoms with Gasteiger partial charge in [-0.3, -0.25) is 0 Å². The zero-order valence-corrected chi connectivity index (χ0v) is 23.6. The molecule has 0 N–H and O–H groups in total. The van der Waals surface area contributed by atoms with Gasteiger partial charge in [0.25, 0.3) is 0 Å². The molecular formula is C43H26. The Balaban J connectivity index is 1.43. The molecule has 7 aromatic carbocycles. The van der Waals surface area contributed by atoms with Crippen LogP contribution in [0.15, 0.2) is 140 Å². The molecule has 0 nitrogen and oxygen atoms in total. The van der Waals surface area contributed by atoms with E-state index < -0.39 is 0 Å². The molecule has 0 heterocycles. The van der Waals surface area contributed by atoms with E-state index in [0.29, 0.717) is 0 Å². The third-order valence-corrected chi connectivity index (χ3v) is 9.75. The number of allylic oxidation sites excluding steroid dienone is 3. The first-order valence-corrected chi connectivity index (χ1v) is 15.2. The van der Waals surface area contributed by atoms with Crippen LogP contribution in [0.2, 0.25) is 0 Å². The Morgan fingerprint density at radius 2 is 0.814 bits per heavy atom. The highest BCUT2D eigenvalue weighted by atomic mass is 14.4. The molecule has 0 fully saturated rings. The van der Waals surface area contributed by atoms with Crippen molar-refractivity contribution in [3.8, 4) is 0 Å². The van der Waals surface area contributed by atoms with E-state index >= 15 is 0 Å². The lowest BCUT2D eigenvalue weighted by atomic mass is 9.87. The number of hydrogen-bond donors (Lipinski definition) is 0. The third kappa shape index (κ3) is 3.16. The molecule has 3 aliphatic carbocycles. The molecule has 198 valence electrons. The maximum absolute atomic E-state index is 2.45. The summed E-state index contributed by atoms with van der Waals surface area (Å²) >= 11 is 0. The van der Waals surface area contributed by atoms with Crippen molar-refractivity contribution >= 4 is 60.7 Å². The molecule has 0 saturated heterocycles. The molecule has 0 bridgehead atoms. The Kier molecular flexibility index (Phi) is 4.59. The van der Waals surface area contributed by atoms with E-state index in [4.69, 9.17) is 0 Å². The van der Waals surface area contributed by atoms with E-state index in [9.17, 15) is 0 Å². The second kappa shape index (κ2) is 8.53. The van der Waals surface area contributed by atoms with Crippen LogP contribution in [0.25, 0.3) is 60.7 Å². The summed E-state index contributed by atoms with van der Waals surface area (Å²) in [6.07, 6.45) is 5.65. The average Bonchev–Trinajstić information content (AvgIpc) is 3.75. The maximum Gasteiger partial charge on any atom is -0.000718 e. The summed E-state index contributed by atoms with van der Waals surface area (Å²) in [5.41, 5.74) is 16.2. The monoisotopic (exact) mass is 542 g/mol. The van der Waals surface area contributed by atoms with Crippen LogP contribution in [-0.2, 0) is 6.42 Å². The van der Waals surface area contributed by atoms with Crippen molar-refractivity contribution in [2.45, 2.75) is 6.42 Å². The van der Waals surface area contributed by atoms with Crippen LogP contribution >= 0.6 is 0 Å². The van der Waals surface area contributed by atoms with Gasteiger partial charge in [0, 0.05) is 0 Å². The zero-order valence-electron chi connectivity index (χ0n) is 23.6. The van der Waals surface area contributed by atoms with Crippen LogP contribution in [0.1, 0.15) is 44.5 Å². The van der Waals surface area contributed by atoms with Crippen molar-refractivity contribution in [1.29, 1.82) is 0 Å². The van der Waals surface area contributed by atoms with Gasteiger partial charge in [0.15, 0.2) is 0 Å². The summed E-state index contributed by atoms with van der Waals surface area (Å²) in [7, 11) is 0. The molecule has 0 heteroatoms. The van der Waals surface area contributed by atoms with Gasteiger partial charge in [0.2, 0.25) is 0 Å². The summed E-state index contributed by atoms with van der Waals surface area (Å²) in [5.74, 6) is 0. The molecule has 0 unspecified atom stereocenters.